The Kier molecular flexibility index (Phi) is 15.5. The lowest BCUT2D eigenvalue weighted by Gasteiger charge is -2.40. The number of amides is 2. The molecule has 5 heterocycles. The number of carbonyl (C=O) groups is 2. The minimum absolute atomic E-state index is 0.0709. The highest BCUT2D eigenvalue weighted by Gasteiger charge is 2.47. The van der Waals surface area contributed by atoms with Gasteiger partial charge in [-0.15, -0.1) is 34.0 Å². The van der Waals surface area contributed by atoms with Gasteiger partial charge in [0.05, 0.1) is 25.8 Å². The standard InChI is InChI=1S/C41H53NO2S4.2C2H6/c1-8-11-13-14-15-19-23-42-39(43)34-27(4)45-36(35(34)40(42)44)30-24-31-37(46-30)38-32(25-33(47-38)41(5,6)7)48(31,29-21-17-16-18-22-29)26-28(10-3)20-12-9-2;2*1-2/h16-18,21-22,24-25,28H,8-15,19-20,23,26H2,1-7H3;2*1-2H3. The molecule has 0 saturated carbocycles. The zero-order chi connectivity index (χ0) is 38.2. The summed E-state index contributed by atoms with van der Waals surface area (Å²) in [4.78, 5) is 41.1. The highest BCUT2D eigenvalue weighted by Crippen LogP contribution is 2.80. The molecule has 0 bridgehead atoms. The number of hydrogen-bond acceptors (Lipinski definition) is 5. The van der Waals surface area contributed by atoms with Gasteiger partial charge in [0, 0.05) is 31.0 Å². The maximum Gasteiger partial charge on any atom is 0.263 e. The van der Waals surface area contributed by atoms with Crippen LogP contribution in [0.1, 0.15) is 164 Å². The van der Waals surface area contributed by atoms with E-state index in [2.05, 4.69) is 84.0 Å². The Labute approximate surface area is 330 Å². The van der Waals surface area contributed by atoms with E-state index in [9.17, 15) is 9.59 Å². The van der Waals surface area contributed by atoms with E-state index in [1.54, 1.807) is 21.1 Å². The summed E-state index contributed by atoms with van der Waals surface area (Å²) in [6.07, 6.45) is 11.7. The summed E-state index contributed by atoms with van der Waals surface area (Å²) in [5.74, 6) is 1.63. The summed E-state index contributed by atoms with van der Waals surface area (Å²) in [5, 5.41) is 0. The monoisotopic (exact) mass is 779 g/mol. The van der Waals surface area contributed by atoms with E-state index < -0.39 is 10.0 Å². The van der Waals surface area contributed by atoms with E-state index in [1.165, 1.54) is 75.8 Å². The highest BCUT2D eigenvalue weighted by atomic mass is 32.3. The van der Waals surface area contributed by atoms with Crippen LogP contribution in [0.3, 0.4) is 0 Å². The molecule has 3 aromatic heterocycles. The predicted octanol–water partition coefficient (Wildman–Crippen LogP) is 15.6. The van der Waals surface area contributed by atoms with Crippen molar-refractivity contribution >= 4 is 55.9 Å². The fourth-order valence-corrected chi connectivity index (χ4v) is 16.9. The zero-order valence-corrected chi connectivity index (χ0v) is 37.3. The Hall–Kier alpha value is -2.19. The van der Waals surface area contributed by atoms with Gasteiger partial charge in [-0.3, -0.25) is 14.5 Å². The maximum atomic E-state index is 14.0. The molecule has 4 aromatic rings. The van der Waals surface area contributed by atoms with Crippen LogP contribution in [-0.4, -0.2) is 29.0 Å². The number of unbranched alkanes of at least 4 members (excludes halogenated alkanes) is 6. The van der Waals surface area contributed by atoms with Gasteiger partial charge in [-0.05, 0) is 66.0 Å². The molecule has 2 unspecified atom stereocenters. The first-order valence-corrected chi connectivity index (χ1v) is 24.5. The van der Waals surface area contributed by atoms with Gasteiger partial charge in [-0.25, -0.2) is 0 Å². The number of aryl methyl sites for hydroxylation is 1. The van der Waals surface area contributed by atoms with Crippen LogP contribution in [0.4, 0.5) is 0 Å². The summed E-state index contributed by atoms with van der Waals surface area (Å²) >= 11 is 5.49. The van der Waals surface area contributed by atoms with Crippen molar-refractivity contribution in [1.82, 2.24) is 4.90 Å². The molecule has 0 radical (unpaired) electrons. The van der Waals surface area contributed by atoms with Gasteiger partial charge in [0.15, 0.2) is 0 Å². The van der Waals surface area contributed by atoms with Gasteiger partial charge in [0.1, 0.15) is 0 Å². The topological polar surface area (TPSA) is 37.4 Å². The van der Waals surface area contributed by atoms with E-state index in [-0.39, 0.29) is 17.2 Å². The van der Waals surface area contributed by atoms with Gasteiger partial charge in [0.25, 0.3) is 11.8 Å². The van der Waals surface area contributed by atoms with Crippen LogP contribution < -0.4 is 0 Å². The summed E-state index contributed by atoms with van der Waals surface area (Å²) in [7, 11) is -1.53. The van der Waals surface area contributed by atoms with Crippen molar-refractivity contribution in [3.8, 4) is 19.5 Å². The number of benzene rings is 1. The molecule has 2 aliphatic rings. The molecule has 7 heteroatoms. The van der Waals surface area contributed by atoms with Crippen molar-refractivity contribution in [2.24, 2.45) is 5.92 Å². The molecule has 2 amide bonds. The van der Waals surface area contributed by atoms with Gasteiger partial charge in [-0.1, -0.05) is 139 Å². The fourth-order valence-electron chi connectivity index (χ4n) is 7.41. The smallest absolute Gasteiger partial charge is 0.263 e. The molecule has 0 aliphatic carbocycles. The largest absolute Gasteiger partial charge is 0.274 e. The van der Waals surface area contributed by atoms with Crippen molar-refractivity contribution in [2.45, 2.75) is 160 Å². The molecule has 2 aliphatic heterocycles. The first-order chi connectivity index (χ1) is 25.1. The van der Waals surface area contributed by atoms with Crippen LogP contribution in [0.15, 0.2) is 57.2 Å². The molecule has 2 atom stereocenters. The molecule has 0 saturated heterocycles. The number of fused-ring (bicyclic) bond motifs is 4. The normalized spacial score (nSPS) is 17.8. The molecule has 3 nitrogen and oxygen atoms in total. The molecule has 0 spiro atoms. The van der Waals surface area contributed by atoms with Crippen LogP contribution in [0.2, 0.25) is 0 Å². The Morgan fingerprint density at radius 1 is 0.712 bits per heavy atom. The molecule has 52 heavy (non-hydrogen) atoms. The van der Waals surface area contributed by atoms with Gasteiger partial charge in [-0.2, -0.15) is 10.0 Å². The quantitative estimate of drug-likeness (QED) is 0.0890. The number of nitrogens with zero attached hydrogens (tertiary/aromatic N) is 1. The average molecular weight is 780 g/mol. The third-order valence-corrected chi connectivity index (χ3v) is 18.8. The van der Waals surface area contributed by atoms with E-state index in [1.807, 2.05) is 57.3 Å². The molecule has 0 fully saturated rings. The lowest BCUT2D eigenvalue weighted by atomic mass is 9.95. The first-order valence-electron chi connectivity index (χ1n) is 20.2. The average Bonchev–Trinajstić information content (AvgIpc) is 3.95. The van der Waals surface area contributed by atoms with Crippen molar-refractivity contribution in [3.05, 3.63) is 63.3 Å². The zero-order valence-electron chi connectivity index (χ0n) is 34.0. The van der Waals surface area contributed by atoms with Crippen LogP contribution >= 0.6 is 44.0 Å². The molecule has 0 N–H and O–H groups in total. The third kappa shape index (κ3) is 8.23. The SMILES string of the molecule is CC.CC.CCCCCCCCN1C(=O)c2c(C)sc(-c3cc4c(s3)-c3sc(C(C)(C)C)cc3S4(CC(CC)CCCC)c3ccccc3)c2C1=O. The second-order valence-electron chi connectivity index (χ2n) is 14.8. The molecule has 6 rings (SSSR count). The van der Waals surface area contributed by atoms with E-state index in [0.29, 0.717) is 23.6 Å². The summed E-state index contributed by atoms with van der Waals surface area (Å²) in [6, 6.07) is 16.4. The number of imide groups is 1. The van der Waals surface area contributed by atoms with Crippen LogP contribution in [0.25, 0.3) is 19.5 Å². The van der Waals surface area contributed by atoms with Crippen LogP contribution in [0, 0.1) is 12.8 Å². The minimum Gasteiger partial charge on any atom is -0.274 e. The van der Waals surface area contributed by atoms with E-state index in [0.717, 1.165) is 33.2 Å². The third-order valence-electron chi connectivity index (χ3n) is 10.2. The number of rotatable bonds is 15. The highest BCUT2D eigenvalue weighted by molar-refractivity contribution is 8.34. The van der Waals surface area contributed by atoms with Gasteiger partial charge >= 0.3 is 0 Å². The lowest BCUT2D eigenvalue weighted by Crippen LogP contribution is -2.31. The molecule has 1 aromatic carbocycles. The molecular formula is C45H65NO2S4. The second-order valence-corrected chi connectivity index (χ2v) is 21.3. The maximum absolute atomic E-state index is 14.0. The Morgan fingerprint density at radius 3 is 1.94 bits per heavy atom. The Balaban J connectivity index is 0.00000146. The van der Waals surface area contributed by atoms with Crippen LogP contribution in [-0.2, 0) is 5.41 Å². The van der Waals surface area contributed by atoms with Gasteiger partial charge in [0.2, 0.25) is 0 Å². The van der Waals surface area contributed by atoms with Crippen molar-refractivity contribution < 1.29 is 9.59 Å². The number of thiophene rings is 3. The van der Waals surface area contributed by atoms with Crippen molar-refractivity contribution in [1.29, 1.82) is 0 Å². The summed E-state index contributed by atoms with van der Waals surface area (Å²) in [6.45, 7) is 24.5. The number of carbonyl (C=O) groups excluding carboxylic acids is 2. The molecule has 286 valence electrons. The van der Waals surface area contributed by atoms with Crippen molar-refractivity contribution in [2.75, 3.05) is 12.3 Å². The summed E-state index contributed by atoms with van der Waals surface area (Å²) < 4.78 is 0. The van der Waals surface area contributed by atoms with E-state index in [4.69, 9.17) is 0 Å². The van der Waals surface area contributed by atoms with E-state index >= 15 is 0 Å². The Morgan fingerprint density at radius 2 is 1.31 bits per heavy atom. The lowest BCUT2D eigenvalue weighted by molar-refractivity contribution is 0.0651. The van der Waals surface area contributed by atoms with Crippen molar-refractivity contribution in [3.63, 3.8) is 0 Å². The predicted molar refractivity (Wildman–Crippen MR) is 233 cm³/mol. The fraction of sp³-hybridized carbons (Fsp3) is 0.556. The van der Waals surface area contributed by atoms with Crippen LogP contribution in [0.5, 0.6) is 0 Å². The van der Waals surface area contributed by atoms with Gasteiger partial charge < -0.3 is 0 Å². The summed E-state index contributed by atoms with van der Waals surface area (Å²) in [5.41, 5.74) is 1.38. The second kappa shape index (κ2) is 18.9. The Bertz CT molecular complexity index is 1770. The molecular weight excluding hydrogens is 715 g/mol. The first kappa shape index (κ1) is 42.6. The number of hydrogen-bond donors (Lipinski definition) is 0. The minimum atomic E-state index is -1.53.